The van der Waals surface area contributed by atoms with Gasteiger partial charge in [0.05, 0.1) is 17.6 Å². The van der Waals surface area contributed by atoms with Crippen LogP contribution in [-0.4, -0.2) is 26.6 Å². The molecule has 7 heteroatoms. The minimum Gasteiger partial charge on any atom is -0.455 e. The van der Waals surface area contributed by atoms with Crippen LogP contribution in [0.1, 0.15) is 19.4 Å². The maximum atomic E-state index is 13.0. The molecule has 3 aromatic carbocycles. The predicted octanol–water partition coefficient (Wildman–Crippen LogP) is 4.83. The number of rotatable bonds is 8. The van der Waals surface area contributed by atoms with Crippen molar-refractivity contribution in [2.75, 3.05) is 15.9 Å². The van der Waals surface area contributed by atoms with Gasteiger partial charge in [0.25, 0.3) is 0 Å². The van der Waals surface area contributed by atoms with Crippen LogP contribution in [0.25, 0.3) is 0 Å². The second-order valence-corrected chi connectivity index (χ2v) is 9.01. The molecular formula is C24H26N2O4S. The molecule has 0 unspecified atom stereocenters. The number of nitrogens with zero attached hydrogens (tertiary/aromatic N) is 1. The van der Waals surface area contributed by atoms with Crippen LogP contribution < -0.4 is 14.4 Å². The van der Waals surface area contributed by atoms with Crippen molar-refractivity contribution < 1.29 is 17.9 Å². The molecule has 0 aromatic heterocycles. The van der Waals surface area contributed by atoms with E-state index < -0.39 is 22.0 Å². The van der Waals surface area contributed by atoms with Gasteiger partial charge >= 0.3 is 0 Å². The zero-order valence-electron chi connectivity index (χ0n) is 17.8. The molecule has 31 heavy (non-hydrogen) atoms. The second-order valence-electron chi connectivity index (χ2n) is 7.16. The molecule has 3 aromatic rings. The van der Waals surface area contributed by atoms with E-state index in [9.17, 15) is 13.2 Å². The number of hydrogen-bond acceptors (Lipinski definition) is 4. The van der Waals surface area contributed by atoms with Gasteiger partial charge < -0.3 is 10.1 Å². The molecule has 1 N–H and O–H groups in total. The van der Waals surface area contributed by atoms with E-state index >= 15 is 0 Å². The van der Waals surface area contributed by atoms with E-state index in [1.165, 1.54) is 0 Å². The summed E-state index contributed by atoms with van der Waals surface area (Å²) in [5.41, 5.74) is 1.98. The monoisotopic (exact) mass is 438 g/mol. The average Bonchev–Trinajstić information content (AvgIpc) is 2.75. The van der Waals surface area contributed by atoms with Crippen LogP contribution in [-0.2, 0) is 21.2 Å². The number of amides is 1. The zero-order valence-corrected chi connectivity index (χ0v) is 18.6. The number of nitrogens with one attached hydrogen (secondary N) is 1. The first kappa shape index (κ1) is 22.4. The molecule has 3 rings (SSSR count). The number of carbonyl (C=O) groups excluding carboxylic acids is 1. The normalized spacial score (nSPS) is 12.1. The third-order valence-electron chi connectivity index (χ3n) is 4.80. The van der Waals surface area contributed by atoms with E-state index in [0.29, 0.717) is 22.9 Å². The molecule has 6 nitrogen and oxygen atoms in total. The first-order valence-electron chi connectivity index (χ1n) is 10.0. The number of para-hydroxylation sites is 3. The molecule has 0 radical (unpaired) electrons. The number of aryl methyl sites for hydroxylation is 1. The fourth-order valence-electron chi connectivity index (χ4n) is 3.20. The Hall–Kier alpha value is -3.32. The number of benzene rings is 3. The standard InChI is InChI=1S/C24H26N2O4S/c1-4-19-14-16-20(17-15-19)26(31(3,28)29)18(2)24(27)25-22-12-8-9-13-23(22)30-21-10-6-5-7-11-21/h5-18H,4H2,1-3H3,(H,25,27)/t18-/m0/s1. The second kappa shape index (κ2) is 9.66. The van der Waals surface area contributed by atoms with Crippen LogP contribution in [0, 0.1) is 0 Å². The minimum atomic E-state index is -3.69. The Labute approximate surface area is 183 Å². The van der Waals surface area contributed by atoms with Gasteiger partial charge in [-0.1, -0.05) is 49.4 Å². The lowest BCUT2D eigenvalue weighted by atomic mass is 10.1. The van der Waals surface area contributed by atoms with Crippen LogP contribution >= 0.6 is 0 Å². The van der Waals surface area contributed by atoms with E-state index in [2.05, 4.69) is 5.32 Å². The van der Waals surface area contributed by atoms with Crippen molar-refractivity contribution in [3.05, 3.63) is 84.4 Å². The minimum absolute atomic E-state index is 0.441. The topological polar surface area (TPSA) is 75.7 Å². The molecule has 0 saturated heterocycles. The highest BCUT2D eigenvalue weighted by atomic mass is 32.2. The van der Waals surface area contributed by atoms with Gasteiger partial charge in [0.2, 0.25) is 15.9 Å². The summed E-state index contributed by atoms with van der Waals surface area (Å²) in [4.78, 5) is 13.0. The molecule has 0 saturated carbocycles. The van der Waals surface area contributed by atoms with Crippen molar-refractivity contribution in [1.29, 1.82) is 0 Å². The third kappa shape index (κ3) is 5.64. The van der Waals surface area contributed by atoms with Crippen molar-refractivity contribution in [2.24, 2.45) is 0 Å². The largest absolute Gasteiger partial charge is 0.455 e. The van der Waals surface area contributed by atoms with Gasteiger partial charge in [-0.2, -0.15) is 0 Å². The highest BCUT2D eigenvalue weighted by molar-refractivity contribution is 7.92. The van der Waals surface area contributed by atoms with Crippen LogP contribution in [0.4, 0.5) is 11.4 Å². The lowest BCUT2D eigenvalue weighted by Crippen LogP contribution is -2.45. The highest BCUT2D eigenvalue weighted by Crippen LogP contribution is 2.30. The summed E-state index contributed by atoms with van der Waals surface area (Å²) in [6, 6.07) is 22.4. The molecule has 0 spiro atoms. The van der Waals surface area contributed by atoms with Crippen molar-refractivity contribution in [3.8, 4) is 11.5 Å². The SMILES string of the molecule is CCc1ccc(N([C@@H](C)C(=O)Nc2ccccc2Oc2ccccc2)S(C)(=O)=O)cc1. The number of carbonyl (C=O) groups is 1. The summed E-state index contributed by atoms with van der Waals surface area (Å²) in [5, 5.41) is 2.81. The van der Waals surface area contributed by atoms with Gasteiger partial charge in [-0.05, 0) is 55.3 Å². The smallest absolute Gasteiger partial charge is 0.248 e. The van der Waals surface area contributed by atoms with Gasteiger partial charge in [-0.15, -0.1) is 0 Å². The molecule has 162 valence electrons. The Morgan fingerprint density at radius 1 is 0.968 bits per heavy atom. The lowest BCUT2D eigenvalue weighted by molar-refractivity contribution is -0.116. The molecule has 0 heterocycles. The van der Waals surface area contributed by atoms with E-state index in [4.69, 9.17) is 4.74 Å². The maximum Gasteiger partial charge on any atom is 0.248 e. The van der Waals surface area contributed by atoms with Gasteiger partial charge in [0.15, 0.2) is 5.75 Å². The Bertz CT molecular complexity index is 1130. The molecule has 0 aliphatic rings. The molecule has 0 fully saturated rings. The molecule has 1 atom stereocenters. The Kier molecular flexibility index (Phi) is 6.97. The molecule has 1 amide bonds. The summed E-state index contributed by atoms with van der Waals surface area (Å²) in [6.07, 6.45) is 1.93. The maximum absolute atomic E-state index is 13.0. The average molecular weight is 439 g/mol. The first-order chi connectivity index (χ1) is 14.8. The predicted molar refractivity (Wildman–Crippen MR) is 124 cm³/mol. The number of hydrogen-bond donors (Lipinski definition) is 1. The fourth-order valence-corrected chi connectivity index (χ4v) is 4.37. The van der Waals surface area contributed by atoms with Crippen LogP contribution in [0.3, 0.4) is 0 Å². The van der Waals surface area contributed by atoms with Gasteiger partial charge in [0, 0.05) is 0 Å². The van der Waals surface area contributed by atoms with Crippen LogP contribution in [0.5, 0.6) is 11.5 Å². The Balaban J connectivity index is 1.84. The molecule has 0 aliphatic heterocycles. The van der Waals surface area contributed by atoms with Gasteiger partial charge in [-0.3, -0.25) is 9.10 Å². The van der Waals surface area contributed by atoms with E-state index in [1.54, 1.807) is 43.3 Å². The van der Waals surface area contributed by atoms with Gasteiger partial charge in [0.1, 0.15) is 11.8 Å². The fraction of sp³-hybridized carbons (Fsp3) is 0.208. The molecular weight excluding hydrogens is 412 g/mol. The summed E-state index contributed by atoms with van der Waals surface area (Å²) in [5.74, 6) is 0.632. The van der Waals surface area contributed by atoms with E-state index in [0.717, 1.165) is 22.5 Å². The number of anilines is 2. The van der Waals surface area contributed by atoms with E-state index in [1.807, 2.05) is 49.4 Å². The summed E-state index contributed by atoms with van der Waals surface area (Å²) < 4.78 is 32.0. The zero-order chi connectivity index (χ0) is 22.4. The van der Waals surface area contributed by atoms with Crippen LogP contribution in [0.15, 0.2) is 78.9 Å². The Morgan fingerprint density at radius 3 is 2.19 bits per heavy atom. The van der Waals surface area contributed by atoms with Crippen molar-refractivity contribution in [2.45, 2.75) is 26.3 Å². The molecule has 0 bridgehead atoms. The van der Waals surface area contributed by atoms with Crippen molar-refractivity contribution in [3.63, 3.8) is 0 Å². The number of ether oxygens (including phenoxy) is 1. The molecule has 0 aliphatic carbocycles. The third-order valence-corrected chi connectivity index (χ3v) is 6.05. The lowest BCUT2D eigenvalue weighted by Gasteiger charge is -2.28. The van der Waals surface area contributed by atoms with Crippen molar-refractivity contribution >= 4 is 27.3 Å². The number of sulfonamides is 1. The highest BCUT2D eigenvalue weighted by Gasteiger charge is 2.29. The summed E-state index contributed by atoms with van der Waals surface area (Å²) in [7, 11) is -3.69. The van der Waals surface area contributed by atoms with E-state index in [-0.39, 0.29) is 0 Å². The van der Waals surface area contributed by atoms with Crippen molar-refractivity contribution in [1.82, 2.24) is 0 Å². The summed E-state index contributed by atoms with van der Waals surface area (Å²) >= 11 is 0. The van der Waals surface area contributed by atoms with Crippen LogP contribution in [0.2, 0.25) is 0 Å². The van der Waals surface area contributed by atoms with Gasteiger partial charge in [-0.25, -0.2) is 8.42 Å². The summed E-state index contributed by atoms with van der Waals surface area (Å²) in [6.45, 7) is 3.58. The Morgan fingerprint density at radius 2 is 1.58 bits per heavy atom. The first-order valence-corrected chi connectivity index (χ1v) is 11.9. The quantitative estimate of drug-likeness (QED) is 0.546.